The quantitative estimate of drug-likeness (QED) is 0.589. The largest absolute Gasteiger partial charge is 0.478 e. The van der Waals surface area contributed by atoms with E-state index in [4.69, 9.17) is 9.47 Å². The summed E-state index contributed by atoms with van der Waals surface area (Å²) in [5.74, 6) is 0.314. The average Bonchev–Trinajstić information content (AvgIpc) is 2.31. The van der Waals surface area contributed by atoms with Crippen molar-refractivity contribution in [2.45, 2.75) is 25.3 Å². The van der Waals surface area contributed by atoms with E-state index >= 15 is 0 Å². The van der Waals surface area contributed by atoms with Gasteiger partial charge in [0, 0.05) is 10.9 Å². The van der Waals surface area contributed by atoms with Gasteiger partial charge in [-0.3, -0.25) is 0 Å². The molecule has 0 unspecified atom stereocenters. The summed E-state index contributed by atoms with van der Waals surface area (Å²) in [6, 6.07) is 5.73. The highest BCUT2D eigenvalue weighted by Crippen LogP contribution is 2.31. The molecule has 0 heterocycles. The van der Waals surface area contributed by atoms with E-state index in [0.29, 0.717) is 17.7 Å². The van der Waals surface area contributed by atoms with Crippen LogP contribution in [0.3, 0.4) is 0 Å². The molecule has 94 valence electrons. The van der Waals surface area contributed by atoms with Gasteiger partial charge in [0.05, 0.1) is 11.1 Å². The van der Waals surface area contributed by atoms with Crippen molar-refractivity contribution in [3.8, 4) is 5.75 Å². The van der Waals surface area contributed by atoms with Crippen LogP contribution in [0.5, 0.6) is 5.75 Å². The summed E-state index contributed by atoms with van der Waals surface area (Å²) in [7, 11) is 0. The van der Waals surface area contributed by atoms with Crippen molar-refractivity contribution in [3.05, 3.63) is 28.2 Å². The molecule has 0 aliphatic carbocycles. The van der Waals surface area contributed by atoms with E-state index in [1.807, 2.05) is 18.2 Å². The third kappa shape index (κ3) is 4.00. The summed E-state index contributed by atoms with van der Waals surface area (Å²) < 4.78 is 11.4. The van der Waals surface area contributed by atoms with Crippen LogP contribution in [0, 0.1) is 0 Å². The molecule has 0 N–H and O–H groups in total. The number of carbonyl (C=O) groups is 1. The standard InChI is InChI=1S/C12H14Br2O3/c1-3-16-12(15)8(2)17-11-9(7-13)5-4-6-10(11)14/h4-6,8H,3,7H2,1-2H3/t8-/m1/s1. The van der Waals surface area contributed by atoms with Gasteiger partial charge in [-0.25, -0.2) is 4.79 Å². The van der Waals surface area contributed by atoms with E-state index in [2.05, 4.69) is 31.9 Å². The highest BCUT2D eigenvalue weighted by Gasteiger charge is 2.18. The van der Waals surface area contributed by atoms with Crippen molar-refractivity contribution < 1.29 is 14.3 Å². The van der Waals surface area contributed by atoms with Crippen LogP contribution in [0.4, 0.5) is 0 Å². The number of hydrogen-bond donors (Lipinski definition) is 0. The molecule has 1 atom stereocenters. The van der Waals surface area contributed by atoms with Gasteiger partial charge in [0.1, 0.15) is 5.75 Å². The van der Waals surface area contributed by atoms with E-state index in [0.717, 1.165) is 10.0 Å². The Bertz CT molecular complexity index is 393. The van der Waals surface area contributed by atoms with Crippen LogP contribution in [0.2, 0.25) is 0 Å². The van der Waals surface area contributed by atoms with Gasteiger partial charge in [0.15, 0.2) is 6.10 Å². The SMILES string of the molecule is CCOC(=O)[C@@H](C)Oc1c(Br)cccc1CBr. The zero-order valence-electron chi connectivity index (χ0n) is 9.70. The van der Waals surface area contributed by atoms with Crippen LogP contribution in [0.1, 0.15) is 19.4 Å². The van der Waals surface area contributed by atoms with Crippen molar-refractivity contribution in [1.82, 2.24) is 0 Å². The molecule has 1 aromatic rings. The molecule has 5 heteroatoms. The van der Waals surface area contributed by atoms with Crippen molar-refractivity contribution in [2.75, 3.05) is 6.61 Å². The number of halogens is 2. The molecule has 0 spiro atoms. The van der Waals surface area contributed by atoms with Crippen molar-refractivity contribution in [2.24, 2.45) is 0 Å². The van der Waals surface area contributed by atoms with Crippen molar-refractivity contribution in [3.63, 3.8) is 0 Å². The fraction of sp³-hybridized carbons (Fsp3) is 0.417. The second-order valence-corrected chi connectivity index (χ2v) is 4.79. The summed E-state index contributed by atoms with van der Waals surface area (Å²) in [6.07, 6.45) is -0.619. The minimum Gasteiger partial charge on any atom is -0.478 e. The Kier molecular flexibility index (Phi) is 5.98. The third-order valence-corrected chi connectivity index (χ3v) is 3.33. The molecule has 3 nitrogen and oxygen atoms in total. The number of ether oxygens (including phenoxy) is 2. The predicted octanol–water partition coefficient (Wildman–Crippen LogP) is 3.67. The van der Waals surface area contributed by atoms with Crippen LogP contribution in [-0.4, -0.2) is 18.7 Å². The fourth-order valence-corrected chi connectivity index (χ4v) is 2.22. The minimum atomic E-state index is -0.619. The molecular weight excluding hydrogens is 352 g/mol. The lowest BCUT2D eigenvalue weighted by Crippen LogP contribution is -2.26. The molecule has 0 amide bonds. The molecule has 0 aromatic heterocycles. The highest BCUT2D eigenvalue weighted by molar-refractivity contribution is 9.10. The van der Waals surface area contributed by atoms with Gasteiger partial charge in [-0.2, -0.15) is 0 Å². The number of esters is 1. The smallest absolute Gasteiger partial charge is 0.347 e. The van der Waals surface area contributed by atoms with Crippen LogP contribution in [0.25, 0.3) is 0 Å². The maximum absolute atomic E-state index is 11.5. The molecule has 0 saturated carbocycles. The molecule has 0 saturated heterocycles. The molecule has 17 heavy (non-hydrogen) atoms. The number of alkyl halides is 1. The fourth-order valence-electron chi connectivity index (χ4n) is 1.28. The molecule has 1 aromatic carbocycles. The van der Waals surface area contributed by atoms with Gasteiger partial charge in [0.25, 0.3) is 0 Å². The lowest BCUT2D eigenvalue weighted by Gasteiger charge is -2.16. The summed E-state index contributed by atoms with van der Waals surface area (Å²) in [5, 5.41) is 0.664. The normalized spacial score (nSPS) is 12.0. The van der Waals surface area contributed by atoms with E-state index in [9.17, 15) is 4.79 Å². The molecule has 0 bridgehead atoms. The Labute approximate surface area is 118 Å². The Morgan fingerprint density at radius 1 is 1.47 bits per heavy atom. The van der Waals surface area contributed by atoms with E-state index < -0.39 is 6.10 Å². The molecule has 0 radical (unpaired) electrons. The first-order valence-corrected chi connectivity index (χ1v) is 7.18. The Balaban J connectivity index is 2.83. The minimum absolute atomic E-state index is 0.355. The lowest BCUT2D eigenvalue weighted by atomic mass is 10.2. The van der Waals surface area contributed by atoms with Gasteiger partial charge in [0.2, 0.25) is 0 Å². The number of hydrogen-bond acceptors (Lipinski definition) is 3. The third-order valence-electron chi connectivity index (χ3n) is 2.11. The monoisotopic (exact) mass is 364 g/mol. The topological polar surface area (TPSA) is 35.5 Å². The van der Waals surface area contributed by atoms with Crippen LogP contribution >= 0.6 is 31.9 Å². The number of rotatable bonds is 5. The Morgan fingerprint density at radius 2 is 2.18 bits per heavy atom. The predicted molar refractivity (Wildman–Crippen MR) is 73.5 cm³/mol. The van der Waals surface area contributed by atoms with Gasteiger partial charge >= 0.3 is 5.97 Å². The van der Waals surface area contributed by atoms with Crippen LogP contribution in [-0.2, 0) is 14.9 Å². The molecule has 0 aliphatic heterocycles. The Morgan fingerprint density at radius 3 is 2.76 bits per heavy atom. The van der Waals surface area contributed by atoms with Gasteiger partial charge in [-0.05, 0) is 35.8 Å². The first-order valence-electron chi connectivity index (χ1n) is 5.26. The molecule has 0 aliphatic rings. The first kappa shape index (κ1) is 14.5. The number of para-hydroxylation sites is 1. The first-order chi connectivity index (χ1) is 8.10. The molecule has 1 rings (SSSR count). The summed E-state index contributed by atoms with van der Waals surface area (Å²) >= 11 is 6.79. The summed E-state index contributed by atoms with van der Waals surface area (Å²) in [5.41, 5.74) is 0.982. The van der Waals surface area contributed by atoms with Gasteiger partial charge in [-0.1, -0.05) is 28.1 Å². The maximum atomic E-state index is 11.5. The van der Waals surface area contributed by atoms with Crippen molar-refractivity contribution >= 4 is 37.8 Å². The second kappa shape index (κ2) is 7.01. The molecular formula is C12H14Br2O3. The maximum Gasteiger partial charge on any atom is 0.347 e. The number of benzene rings is 1. The summed E-state index contributed by atoms with van der Waals surface area (Å²) in [4.78, 5) is 11.5. The zero-order valence-corrected chi connectivity index (χ0v) is 12.9. The lowest BCUT2D eigenvalue weighted by molar-refractivity contribution is -0.150. The zero-order chi connectivity index (χ0) is 12.8. The second-order valence-electron chi connectivity index (χ2n) is 3.37. The average molecular weight is 366 g/mol. The van der Waals surface area contributed by atoms with Gasteiger partial charge < -0.3 is 9.47 Å². The Hall–Kier alpha value is -0.550. The summed E-state index contributed by atoms with van der Waals surface area (Å²) in [6.45, 7) is 3.80. The van der Waals surface area contributed by atoms with E-state index in [-0.39, 0.29) is 5.97 Å². The number of carbonyl (C=O) groups excluding carboxylic acids is 1. The van der Waals surface area contributed by atoms with E-state index in [1.54, 1.807) is 13.8 Å². The van der Waals surface area contributed by atoms with Gasteiger partial charge in [-0.15, -0.1) is 0 Å². The molecule has 0 fully saturated rings. The van der Waals surface area contributed by atoms with Crippen LogP contribution < -0.4 is 4.74 Å². The van der Waals surface area contributed by atoms with Crippen molar-refractivity contribution in [1.29, 1.82) is 0 Å². The van der Waals surface area contributed by atoms with Crippen LogP contribution in [0.15, 0.2) is 22.7 Å². The van der Waals surface area contributed by atoms with E-state index in [1.165, 1.54) is 0 Å². The highest BCUT2D eigenvalue weighted by atomic mass is 79.9.